The highest BCUT2D eigenvalue weighted by atomic mass is 35.5. The van der Waals surface area contributed by atoms with Crippen molar-refractivity contribution in [3.05, 3.63) is 28.8 Å². The van der Waals surface area contributed by atoms with Gasteiger partial charge in [0.15, 0.2) is 0 Å². The Hall–Kier alpha value is -2.08. The summed E-state index contributed by atoms with van der Waals surface area (Å²) in [6.07, 6.45) is 0. The predicted octanol–water partition coefficient (Wildman–Crippen LogP) is 1.48. The van der Waals surface area contributed by atoms with E-state index in [2.05, 4.69) is 5.32 Å². The maximum atomic E-state index is 11.9. The topological polar surface area (TPSA) is 69.7 Å². The van der Waals surface area contributed by atoms with Crippen LogP contribution in [0, 0.1) is 6.92 Å². The summed E-state index contributed by atoms with van der Waals surface area (Å²) in [4.78, 5) is 37.3. The Labute approximate surface area is 121 Å². The summed E-state index contributed by atoms with van der Waals surface area (Å²) in [5.41, 5.74) is 1.41. The lowest BCUT2D eigenvalue weighted by molar-refractivity contribution is -0.129. The maximum absolute atomic E-state index is 11.9. The van der Waals surface area contributed by atoms with E-state index >= 15 is 0 Å². The lowest BCUT2D eigenvalue weighted by atomic mass is 10.2. The molecular weight excluding hydrogens is 282 g/mol. The molecule has 1 aromatic carbocycles. The molecule has 7 heteroatoms. The highest BCUT2D eigenvalue weighted by molar-refractivity contribution is 6.31. The normalized spacial score (nSPS) is 14.9. The molecule has 0 unspecified atom stereocenters. The van der Waals surface area contributed by atoms with Gasteiger partial charge in [-0.3, -0.25) is 14.5 Å². The van der Waals surface area contributed by atoms with Crippen LogP contribution in [-0.4, -0.2) is 47.8 Å². The molecule has 0 radical (unpaired) electrons. The number of imide groups is 1. The number of nitrogens with zero attached hydrogens (tertiary/aromatic N) is 2. The van der Waals surface area contributed by atoms with Gasteiger partial charge in [0.25, 0.3) is 5.91 Å². The van der Waals surface area contributed by atoms with E-state index in [0.29, 0.717) is 10.7 Å². The average Bonchev–Trinajstić information content (AvgIpc) is 2.61. The smallest absolute Gasteiger partial charge is 0.324 e. The van der Waals surface area contributed by atoms with E-state index in [-0.39, 0.29) is 19.0 Å². The number of likely N-dealkylation sites (N-methyl/N-ethyl adjacent to an activating group) is 1. The number of anilines is 1. The Kier molecular flexibility index (Phi) is 3.94. The van der Waals surface area contributed by atoms with Crippen LogP contribution in [0.5, 0.6) is 0 Å². The minimum atomic E-state index is -0.465. The van der Waals surface area contributed by atoms with E-state index in [1.54, 1.807) is 18.2 Å². The Morgan fingerprint density at radius 3 is 2.70 bits per heavy atom. The van der Waals surface area contributed by atoms with Gasteiger partial charge in [0.1, 0.15) is 13.1 Å². The number of nitrogens with one attached hydrogen (secondary N) is 1. The van der Waals surface area contributed by atoms with Crippen molar-refractivity contribution in [2.24, 2.45) is 0 Å². The number of hydrogen-bond donors (Lipinski definition) is 1. The predicted molar refractivity (Wildman–Crippen MR) is 74.6 cm³/mol. The summed E-state index contributed by atoms with van der Waals surface area (Å²) in [6.45, 7) is 1.53. The van der Waals surface area contributed by atoms with E-state index in [0.717, 1.165) is 10.5 Å². The molecule has 1 saturated heterocycles. The molecule has 1 aliphatic heterocycles. The van der Waals surface area contributed by atoms with E-state index in [1.165, 1.54) is 11.9 Å². The molecule has 0 bridgehead atoms. The molecule has 1 aliphatic rings. The van der Waals surface area contributed by atoms with Gasteiger partial charge >= 0.3 is 6.03 Å². The Morgan fingerprint density at radius 1 is 1.40 bits per heavy atom. The summed E-state index contributed by atoms with van der Waals surface area (Å²) in [6, 6.07) is 4.65. The van der Waals surface area contributed by atoms with Crippen molar-refractivity contribution in [2.45, 2.75) is 6.92 Å². The third kappa shape index (κ3) is 2.91. The summed E-state index contributed by atoms with van der Waals surface area (Å²) in [5.74, 6) is -0.817. The van der Waals surface area contributed by atoms with Gasteiger partial charge in [-0.15, -0.1) is 0 Å². The zero-order valence-corrected chi connectivity index (χ0v) is 11.9. The van der Waals surface area contributed by atoms with E-state index in [1.807, 2.05) is 6.92 Å². The first-order valence-electron chi connectivity index (χ1n) is 6.00. The highest BCUT2D eigenvalue weighted by Crippen LogP contribution is 2.20. The van der Waals surface area contributed by atoms with Gasteiger partial charge in [0.2, 0.25) is 5.91 Å². The fourth-order valence-electron chi connectivity index (χ4n) is 1.89. The quantitative estimate of drug-likeness (QED) is 0.859. The van der Waals surface area contributed by atoms with E-state index < -0.39 is 11.9 Å². The van der Waals surface area contributed by atoms with Crippen molar-refractivity contribution < 1.29 is 14.4 Å². The summed E-state index contributed by atoms with van der Waals surface area (Å²) in [7, 11) is 1.51. The van der Waals surface area contributed by atoms with Gasteiger partial charge in [-0.1, -0.05) is 17.7 Å². The Morgan fingerprint density at radius 2 is 2.10 bits per heavy atom. The first-order chi connectivity index (χ1) is 9.38. The van der Waals surface area contributed by atoms with Gasteiger partial charge in [0, 0.05) is 17.8 Å². The molecule has 1 N–H and O–H groups in total. The third-order valence-electron chi connectivity index (χ3n) is 3.01. The van der Waals surface area contributed by atoms with Crippen molar-refractivity contribution in [2.75, 3.05) is 25.5 Å². The minimum absolute atomic E-state index is 0.00229. The van der Waals surface area contributed by atoms with Gasteiger partial charge in [0.05, 0.1) is 0 Å². The zero-order valence-electron chi connectivity index (χ0n) is 11.1. The number of carbonyl (C=O) groups excluding carboxylic acids is 3. The summed E-state index contributed by atoms with van der Waals surface area (Å²) >= 11 is 5.86. The number of amides is 4. The number of rotatable bonds is 3. The van der Waals surface area contributed by atoms with Gasteiger partial charge in [-0.05, 0) is 24.6 Å². The lowest BCUT2D eigenvalue weighted by Gasteiger charge is -2.14. The largest absolute Gasteiger partial charge is 0.327 e. The molecule has 0 spiro atoms. The summed E-state index contributed by atoms with van der Waals surface area (Å²) in [5, 5.41) is 3.14. The fraction of sp³-hybridized carbons (Fsp3) is 0.308. The molecule has 106 valence electrons. The number of aryl methyl sites for hydroxylation is 1. The standard InChI is InChI=1S/C13H14ClN3O3/c1-8-3-4-9(14)5-10(8)15-11(18)6-17-12(19)7-16(2)13(17)20/h3-5H,6-7H2,1-2H3,(H,15,18). The maximum Gasteiger partial charge on any atom is 0.327 e. The van der Waals surface area contributed by atoms with Crippen LogP contribution in [0.2, 0.25) is 5.02 Å². The third-order valence-corrected chi connectivity index (χ3v) is 3.24. The molecule has 1 aromatic rings. The first kappa shape index (κ1) is 14.3. The van der Waals surface area contributed by atoms with Crippen molar-refractivity contribution in [1.82, 2.24) is 9.80 Å². The molecule has 6 nitrogen and oxygen atoms in total. The van der Waals surface area contributed by atoms with Crippen LogP contribution in [0.25, 0.3) is 0 Å². The molecule has 0 aromatic heterocycles. The van der Waals surface area contributed by atoms with Crippen LogP contribution >= 0.6 is 11.6 Å². The van der Waals surface area contributed by atoms with E-state index in [9.17, 15) is 14.4 Å². The van der Waals surface area contributed by atoms with Crippen LogP contribution in [0.15, 0.2) is 18.2 Å². The Balaban J connectivity index is 2.04. The number of benzene rings is 1. The van der Waals surface area contributed by atoms with Crippen LogP contribution < -0.4 is 5.32 Å². The molecule has 2 rings (SSSR count). The minimum Gasteiger partial charge on any atom is -0.324 e. The second kappa shape index (κ2) is 5.50. The second-order valence-electron chi connectivity index (χ2n) is 4.63. The molecule has 1 heterocycles. The first-order valence-corrected chi connectivity index (χ1v) is 6.37. The van der Waals surface area contributed by atoms with Crippen LogP contribution in [0.1, 0.15) is 5.56 Å². The monoisotopic (exact) mass is 295 g/mol. The molecular formula is C13H14ClN3O3. The van der Waals surface area contributed by atoms with Crippen LogP contribution in [0.4, 0.5) is 10.5 Å². The molecule has 4 amide bonds. The van der Waals surface area contributed by atoms with Crippen LogP contribution in [-0.2, 0) is 9.59 Å². The fourth-order valence-corrected chi connectivity index (χ4v) is 2.06. The zero-order chi connectivity index (χ0) is 14.9. The molecule has 20 heavy (non-hydrogen) atoms. The van der Waals surface area contributed by atoms with Crippen molar-refractivity contribution >= 4 is 35.1 Å². The number of carbonyl (C=O) groups is 3. The van der Waals surface area contributed by atoms with Crippen molar-refractivity contribution in [1.29, 1.82) is 0 Å². The van der Waals surface area contributed by atoms with Crippen LogP contribution in [0.3, 0.4) is 0 Å². The molecule has 1 fully saturated rings. The number of urea groups is 1. The van der Waals surface area contributed by atoms with E-state index in [4.69, 9.17) is 11.6 Å². The van der Waals surface area contributed by atoms with Gasteiger partial charge in [-0.2, -0.15) is 0 Å². The number of halogens is 1. The SMILES string of the molecule is Cc1ccc(Cl)cc1NC(=O)CN1C(=O)CN(C)C1=O. The van der Waals surface area contributed by atoms with Crippen molar-refractivity contribution in [3.8, 4) is 0 Å². The highest BCUT2D eigenvalue weighted by Gasteiger charge is 2.34. The Bertz CT molecular complexity index is 588. The summed E-state index contributed by atoms with van der Waals surface area (Å²) < 4.78 is 0. The van der Waals surface area contributed by atoms with Crippen molar-refractivity contribution in [3.63, 3.8) is 0 Å². The lowest BCUT2D eigenvalue weighted by Crippen LogP contribution is -2.38. The molecule has 0 atom stereocenters. The van der Waals surface area contributed by atoms with Gasteiger partial charge in [-0.25, -0.2) is 4.79 Å². The number of hydrogen-bond acceptors (Lipinski definition) is 3. The second-order valence-corrected chi connectivity index (χ2v) is 5.06. The average molecular weight is 296 g/mol. The molecule has 0 aliphatic carbocycles. The van der Waals surface area contributed by atoms with Gasteiger partial charge < -0.3 is 10.2 Å². The molecule has 0 saturated carbocycles.